The molecule has 0 aliphatic rings. The number of amides is 1. The third-order valence-corrected chi connectivity index (χ3v) is 2.70. The van der Waals surface area contributed by atoms with Crippen molar-refractivity contribution in [1.29, 1.82) is 0 Å². The van der Waals surface area contributed by atoms with E-state index in [1.165, 1.54) is 6.92 Å². The van der Waals surface area contributed by atoms with Crippen molar-refractivity contribution in [3.63, 3.8) is 0 Å². The van der Waals surface area contributed by atoms with Crippen molar-refractivity contribution in [3.05, 3.63) is 35.1 Å². The van der Waals surface area contributed by atoms with Crippen molar-refractivity contribution in [1.82, 2.24) is 5.32 Å². The Bertz CT molecular complexity index is 543. The number of carbonyl (C=O) groups excluding carboxylic acids is 1. The van der Waals surface area contributed by atoms with Crippen LogP contribution >= 0.6 is 0 Å². The molecule has 0 bridgehead atoms. The molecule has 0 aromatic heterocycles. The van der Waals surface area contributed by atoms with Crippen molar-refractivity contribution in [2.45, 2.75) is 32.0 Å². The lowest BCUT2D eigenvalue weighted by atomic mass is 10.1. The Balaban J connectivity index is 2.82. The van der Waals surface area contributed by atoms with Gasteiger partial charge in [-0.2, -0.15) is 13.2 Å². The predicted octanol–water partition coefficient (Wildman–Crippen LogP) is 2.83. The van der Waals surface area contributed by atoms with Crippen LogP contribution in [0.3, 0.4) is 0 Å². The number of halogens is 4. The summed E-state index contributed by atoms with van der Waals surface area (Å²) in [6.07, 6.45) is -4.94. The van der Waals surface area contributed by atoms with Gasteiger partial charge in [0.1, 0.15) is 5.82 Å². The maximum atomic E-state index is 13.1. The van der Waals surface area contributed by atoms with Gasteiger partial charge in [-0.1, -0.05) is 0 Å². The van der Waals surface area contributed by atoms with Crippen LogP contribution in [-0.4, -0.2) is 23.0 Å². The molecule has 116 valence electrons. The van der Waals surface area contributed by atoms with Gasteiger partial charge in [-0.05, 0) is 31.5 Å². The van der Waals surface area contributed by atoms with Crippen LogP contribution in [0.15, 0.2) is 18.2 Å². The molecule has 4 nitrogen and oxygen atoms in total. The summed E-state index contributed by atoms with van der Waals surface area (Å²) >= 11 is 0. The van der Waals surface area contributed by atoms with Crippen molar-refractivity contribution < 1.29 is 32.3 Å². The van der Waals surface area contributed by atoms with Gasteiger partial charge in [0, 0.05) is 18.0 Å². The summed E-state index contributed by atoms with van der Waals surface area (Å²) in [5, 5.41) is 10.8. The van der Waals surface area contributed by atoms with E-state index in [2.05, 4.69) is 5.32 Å². The fourth-order valence-corrected chi connectivity index (χ4v) is 1.60. The van der Waals surface area contributed by atoms with Crippen LogP contribution in [0.2, 0.25) is 0 Å². The van der Waals surface area contributed by atoms with Gasteiger partial charge in [0.05, 0.1) is 5.56 Å². The molecular formula is C13H13F4NO3. The molecule has 2 N–H and O–H groups in total. The van der Waals surface area contributed by atoms with Gasteiger partial charge in [0.2, 0.25) is 0 Å². The molecule has 0 radical (unpaired) electrons. The van der Waals surface area contributed by atoms with Crippen LogP contribution in [0.4, 0.5) is 17.6 Å². The summed E-state index contributed by atoms with van der Waals surface area (Å²) in [6, 6.07) is 1.39. The lowest BCUT2D eigenvalue weighted by Gasteiger charge is -2.14. The molecule has 8 heteroatoms. The number of carboxylic acids is 1. The Morgan fingerprint density at radius 1 is 1.33 bits per heavy atom. The van der Waals surface area contributed by atoms with E-state index in [0.717, 1.165) is 6.07 Å². The number of hydrogen-bond acceptors (Lipinski definition) is 2. The largest absolute Gasteiger partial charge is 0.481 e. The topological polar surface area (TPSA) is 66.4 Å². The van der Waals surface area contributed by atoms with Gasteiger partial charge in [-0.25, -0.2) is 4.39 Å². The lowest BCUT2D eigenvalue weighted by molar-refractivity contribution is -0.140. The van der Waals surface area contributed by atoms with E-state index in [1.54, 1.807) is 0 Å². The normalized spacial score (nSPS) is 12.8. The van der Waals surface area contributed by atoms with Gasteiger partial charge in [-0.3, -0.25) is 9.59 Å². The smallest absolute Gasteiger partial charge is 0.419 e. The summed E-state index contributed by atoms with van der Waals surface area (Å²) in [5.41, 5.74) is -1.86. The van der Waals surface area contributed by atoms with E-state index < -0.39 is 35.5 Å². The second-order valence-corrected chi connectivity index (χ2v) is 4.50. The number of benzene rings is 1. The number of aliphatic carboxylic acids is 1. The highest BCUT2D eigenvalue weighted by molar-refractivity contribution is 5.94. The standard InChI is InChI=1S/C13H13F4NO3/c1-7(2-5-11(19)20)18-12(21)8-3-4-10(14)9(6-8)13(15,16)17/h3-4,6-7H,2,5H2,1H3,(H,18,21)(H,19,20). The highest BCUT2D eigenvalue weighted by atomic mass is 19.4. The molecule has 0 aliphatic carbocycles. The Labute approximate surface area is 117 Å². The number of alkyl halides is 3. The van der Waals surface area contributed by atoms with Crippen LogP contribution in [0.5, 0.6) is 0 Å². The molecule has 1 aromatic carbocycles. The number of hydrogen-bond donors (Lipinski definition) is 2. The first-order chi connectivity index (χ1) is 9.61. The van der Waals surface area contributed by atoms with Crippen molar-refractivity contribution in [3.8, 4) is 0 Å². The number of nitrogens with one attached hydrogen (secondary N) is 1. The zero-order valence-corrected chi connectivity index (χ0v) is 11.0. The van der Waals surface area contributed by atoms with Gasteiger partial charge >= 0.3 is 12.1 Å². The summed E-state index contributed by atoms with van der Waals surface area (Å²) in [5.74, 6) is -3.33. The van der Waals surface area contributed by atoms with Crippen molar-refractivity contribution in [2.75, 3.05) is 0 Å². The number of carboxylic acid groups (broad SMARTS) is 1. The molecule has 0 saturated heterocycles. The molecule has 1 aromatic rings. The van der Waals surface area contributed by atoms with Crippen LogP contribution in [0.25, 0.3) is 0 Å². The van der Waals surface area contributed by atoms with E-state index in [-0.39, 0.29) is 18.4 Å². The summed E-state index contributed by atoms with van der Waals surface area (Å²) in [4.78, 5) is 22.1. The third kappa shape index (κ3) is 5.05. The van der Waals surface area contributed by atoms with E-state index in [4.69, 9.17) is 5.11 Å². The number of rotatable bonds is 5. The minimum absolute atomic E-state index is 0.133. The first kappa shape index (κ1) is 16.9. The Morgan fingerprint density at radius 3 is 2.48 bits per heavy atom. The third-order valence-electron chi connectivity index (χ3n) is 2.70. The summed E-state index contributed by atoms with van der Waals surface area (Å²) in [6.45, 7) is 1.52. The van der Waals surface area contributed by atoms with Gasteiger partial charge < -0.3 is 10.4 Å². The molecule has 21 heavy (non-hydrogen) atoms. The first-order valence-corrected chi connectivity index (χ1v) is 6.00. The van der Waals surface area contributed by atoms with E-state index >= 15 is 0 Å². The molecule has 0 aliphatic heterocycles. The molecule has 0 heterocycles. The molecule has 0 fully saturated rings. The first-order valence-electron chi connectivity index (χ1n) is 6.00. The minimum atomic E-state index is -4.89. The van der Waals surface area contributed by atoms with E-state index in [9.17, 15) is 27.2 Å². The average molecular weight is 307 g/mol. The van der Waals surface area contributed by atoms with Crippen LogP contribution < -0.4 is 5.32 Å². The Kier molecular flexibility index (Phi) is 5.28. The highest BCUT2D eigenvalue weighted by Crippen LogP contribution is 2.31. The molecule has 1 unspecified atom stereocenters. The lowest BCUT2D eigenvalue weighted by Crippen LogP contribution is -2.33. The fraction of sp³-hybridized carbons (Fsp3) is 0.385. The van der Waals surface area contributed by atoms with Crippen molar-refractivity contribution in [2.24, 2.45) is 0 Å². The second-order valence-electron chi connectivity index (χ2n) is 4.50. The highest BCUT2D eigenvalue weighted by Gasteiger charge is 2.34. The van der Waals surface area contributed by atoms with Crippen LogP contribution in [-0.2, 0) is 11.0 Å². The Morgan fingerprint density at radius 2 is 1.95 bits per heavy atom. The molecule has 0 saturated carbocycles. The van der Waals surface area contributed by atoms with Crippen molar-refractivity contribution >= 4 is 11.9 Å². The predicted molar refractivity (Wildman–Crippen MR) is 65.2 cm³/mol. The maximum Gasteiger partial charge on any atom is 0.419 e. The minimum Gasteiger partial charge on any atom is -0.481 e. The van der Waals surface area contributed by atoms with Crippen LogP contribution in [0.1, 0.15) is 35.7 Å². The molecule has 1 rings (SSSR count). The summed E-state index contributed by atoms with van der Waals surface area (Å²) < 4.78 is 50.7. The quantitative estimate of drug-likeness (QED) is 0.822. The number of carbonyl (C=O) groups is 2. The maximum absolute atomic E-state index is 13.1. The zero-order chi connectivity index (χ0) is 16.2. The molecule has 1 atom stereocenters. The molecular weight excluding hydrogens is 294 g/mol. The van der Waals surface area contributed by atoms with Gasteiger partial charge in [0.15, 0.2) is 0 Å². The fourth-order valence-electron chi connectivity index (χ4n) is 1.60. The van der Waals surface area contributed by atoms with E-state index in [1.807, 2.05) is 0 Å². The van der Waals surface area contributed by atoms with Gasteiger partial charge in [-0.15, -0.1) is 0 Å². The van der Waals surface area contributed by atoms with E-state index in [0.29, 0.717) is 12.1 Å². The average Bonchev–Trinajstić information content (AvgIpc) is 2.35. The monoisotopic (exact) mass is 307 g/mol. The molecule has 0 spiro atoms. The SMILES string of the molecule is CC(CCC(=O)O)NC(=O)c1ccc(F)c(C(F)(F)F)c1. The molecule has 1 amide bonds. The Hall–Kier alpha value is -2.12. The second kappa shape index (κ2) is 6.55. The summed E-state index contributed by atoms with van der Waals surface area (Å²) in [7, 11) is 0. The van der Waals surface area contributed by atoms with Crippen LogP contribution in [0, 0.1) is 5.82 Å². The van der Waals surface area contributed by atoms with Gasteiger partial charge in [0.25, 0.3) is 5.91 Å². The zero-order valence-electron chi connectivity index (χ0n) is 11.0.